The molecule has 0 atom stereocenters. The second-order valence-corrected chi connectivity index (χ2v) is 5.23. The third kappa shape index (κ3) is 1.98. The average molecular weight is 274 g/mol. The van der Waals surface area contributed by atoms with E-state index < -0.39 is 0 Å². The van der Waals surface area contributed by atoms with Gasteiger partial charge in [0.2, 0.25) is 5.91 Å². The molecule has 4 rings (SSSR count). The smallest absolute Gasteiger partial charge is 0.233 e. The van der Waals surface area contributed by atoms with E-state index in [1.54, 1.807) is 4.90 Å². The maximum Gasteiger partial charge on any atom is 0.233 e. The van der Waals surface area contributed by atoms with Crippen LogP contribution in [0.25, 0.3) is 10.9 Å². The third-order valence-corrected chi connectivity index (χ3v) is 3.86. The number of amides is 1. The van der Waals surface area contributed by atoms with Gasteiger partial charge in [-0.1, -0.05) is 36.4 Å². The summed E-state index contributed by atoms with van der Waals surface area (Å²) in [6.45, 7) is 0. The number of benzene rings is 2. The molecule has 2 heterocycles. The molecule has 1 aromatic heterocycles. The number of hydrogen-bond donors (Lipinski definition) is 0. The first-order chi connectivity index (χ1) is 10.3. The number of aryl methyl sites for hydroxylation is 1. The van der Waals surface area contributed by atoms with Gasteiger partial charge in [0.1, 0.15) is 5.82 Å². The maximum atomic E-state index is 12.4. The molecule has 0 N–H and O–H groups in total. The molecule has 3 aromatic rings. The summed E-state index contributed by atoms with van der Waals surface area (Å²) in [7, 11) is 0. The van der Waals surface area contributed by atoms with E-state index in [4.69, 9.17) is 4.98 Å². The standard InChI is InChI=1S/C18H14N2O/c21-17-11-10-14-12-13-6-4-5-9-16(13)19-18(14)20(17)15-7-2-1-3-8-15/h1-9,12H,10-11H2. The molecule has 1 aliphatic heterocycles. The Morgan fingerprint density at radius 2 is 1.67 bits per heavy atom. The van der Waals surface area contributed by atoms with Crippen LogP contribution in [0, 0.1) is 0 Å². The molecule has 0 saturated carbocycles. The molecule has 3 heteroatoms. The highest BCUT2D eigenvalue weighted by molar-refractivity contribution is 6.03. The van der Waals surface area contributed by atoms with E-state index in [0.717, 1.165) is 34.4 Å². The van der Waals surface area contributed by atoms with Gasteiger partial charge < -0.3 is 0 Å². The summed E-state index contributed by atoms with van der Waals surface area (Å²) >= 11 is 0. The Labute approximate surface area is 122 Å². The summed E-state index contributed by atoms with van der Waals surface area (Å²) in [5, 5.41) is 1.12. The Morgan fingerprint density at radius 3 is 2.52 bits per heavy atom. The van der Waals surface area contributed by atoms with Crippen LogP contribution < -0.4 is 4.90 Å². The zero-order valence-corrected chi connectivity index (χ0v) is 11.5. The van der Waals surface area contributed by atoms with Crippen LogP contribution in [-0.2, 0) is 11.2 Å². The lowest BCUT2D eigenvalue weighted by molar-refractivity contribution is -0.118. The SMILES string of the molecule is O=C1CCc2cc3ccccc3nc2N1c1ccccc1. The van der Waals surface area contributed by atoms with Crippen LogP contribution in [0.5, 0.6) is 0 Å². The zero-order chi connectivity index (χ0) is 14.2. The first kappa shape index (κ1) is 12.1. The minimum atomic E-state index is 0.108. The number of fused-ring (bicyclic) bond motifs is 2. The highest BCUT2D eigenvalue weighted by Crippen LogP contribution is 2.34. The molecule has 102 valence electrons. The lowest BCUT2D eigenvalue weighted by Gasteiger charge is -2.28. The van der Waals surface area contributed by atoms with Crippen LogP contribution in [0.4, 0.5) is 11.5 Å². The van der Waals surface area contributed by atoms with E-state index in [0.29, 0.717) is 6.42 Å². The van der Waals surface area contributed by atoms with Gasteiger partial charge in [-0.2, -0.15) is 0 Å². The molecule has 3 nitrogen and oxygen atoms in total. The van der Waals surface area contributed by atoms with Gasteiger partial charge in [0.15, 0.2) is 0 Å². The number of nitrogens with zero attached hydrogens (tertiary/aromatic N) is 2. The molecule has 0 saturated heterocycles. The molecular formula is C18H14N2O. The van der Waals surface area contributed by atoms with Crippen molar-refractivity contribution in [2.45, 2.75) is 12.8 Å². The summed E-state index contributed by atoms with van der Waals surface area (Å²) in [5.74, 6) is 0.882. The van der Waals surface area contributed by atoms with E-state index in [1.165, 1.54) is 0 Å². The Bertz CT molecular complexity index is 827. The highest BCUT2D eigenvalue weighted by atomic mass is 16.2. The third-order valence-electron chi connectivity index (χ3n) is 3.86. The molecule has 21 heavy (non-hydrogen) atoms. The van der Waals surface area contributed by atoms with Gasteiger partial charge in [0, 0.05) is 11.8 Å². The Balaban J connectivity index is 1.95. The number of anilines is 2. The second-order valence-electron chi connectivity index (χ2n) is 5.23. The number of carbonyl (C=O) groups is 1. The lowest BCUT2D eigenvalue weighted by atomic mass is 10.0. The second kappa shape index (κ2) is 4.70. The van der Waals surface area contributed by atoms with Crippen molar-refractivity contribution in [1.29, 1.82) is 0 Å². The molecule has 0 radical (unpaired) electrons. The van der Waals surface area contributed by atoms with E-state index in [-0.39, 0.29) is 5.91 Å². The van der Waals surface area contributed by atoms with E-state index in [1.807, 2.05) is 48.5 Å². The minimum Gasteiger partial charge on any atom is -0.274 e. The molecule has 0 aliphatic carbocycles. The van der Waals surface area contributed by atoms with Crippen molar-refractivity contribution < 1.29 is 4.79 Å². The van der Waals surface area contributed by atoms with Crippen LogP contribution in [-0.4, -0.2) is 10.9 Å². The summed E-state index contributed by atoms with van der Waals surface area (Å²) in [4.78, 5) is 18.8. The summed E-state index contributed by atoms with van der Waals surface area (Å²) in [6.07, 6.45) is 1.29. The number of pyridine rings is 1. The predicted molar refractivity (Wildman–Crippen MR) is 83.7 cm³/mol. The molecule has 1 amide bonds. The van der Waals surface area contributed by atoms with Crippen LogP contribution in [0.2, 0.25) is 0 Å². The molecule has 0 spiro atoms. The fraction of sp³-hybridized carbons (Fsp3) is 0.111. The Kier molecular flexibility index (Phi) is 2.71. The van der Waals surface area contributed by atoms with Gasteiger partial charge in [-0.3, -0.25) is 9.69 Å². The number of hydrogen-bond acceptors (Lipinski definition) is 2. The van der Waals surface area contributed by atoms with Crippen LogP contribution >= 0.6 is 0 Å². The van der Waals surface area contributed by atoms with Gasteiger partial charge in [-0.15, -0.1) is 0 Å². The molecule has 0 fully saturated rings. The van der Waals surface area contributed by atoms with Crippen molar-refractivity contribution in [1.82, 2.24) is 4.98 Å². The normalized spacial score (nSPS) is 14.3. The van der Waals surface area contributed by atoms with E-state index in [9.17, 15) is 4.79 Å². The molecule has 0 unspecified atom stereocenters. The van der Waals surface area contributed by atoms with Gasteiger partial charge in [-0.05, 0) is 36.2 Å². The van der Waals surface area contributed by atoms with Crippen molar-refractivity contribution in [3.63, 3.8) is 0 Å². The number of rotatable bonds is 1. The molecular weight excluding hydrogens is 260 g/mol. The molecule has 0 bridgehead atoms. The average Bonchev–Trinajstić information content (AvgIpc) is 2.54. The molecule has 2 aromatic carbocycles. The predicted octanol–water partition coefficient (Wildman–Crippen LogP) is 3.85. The van der Waals surface area contributed by atoms with Crippen molar-refractivity contribution in [2.75, 3.05) is 4.90 Å². The summed E-state index contributed by atoms with van der Waals surface area (Å²) in [5.41, 5.74) is 2.94. The quantitative estimate of drug-likeness (QED) is 0.675. The van der Waals surface area contributed by atoms with Gasteiger partial charge in [-0.25, -0.2) is 4.98 Å². The fourth-order valence-electron chi connectivity index (χ4n) is 2.84. The first-order valence-electron chi connectivity index (χ1n) is 7.09. The number of aromatic nitrogens is 1. The summed E-state index contributed by atoms with van der Waals surface area (Å²) < 4.78 is 0. The minimum absolute atomic E-state index is 0.108. The van der Waals surface area contributed by atoms with Crippen molar-refractivity contribution in [3.05, 3.63) is 66.2 Å². The summed E-state index contributed by atoms with van der Waals surface area (Å²) in [6, 6.07) is 19.9. The maximum absolute atomic E-state index is 12.4. The Hall–Kier alpha value is -2.68. The van der Waals surface area contributed by atoms with Gasteiger partial charge in [0.05, 0.1) is 11.2 Å². The molecule has 1 aliphatic rings. The van der Waals surface area contributed by atoms with E-state index in [2.05, 4.69) is 12.1 Å². The number of para-hydroxylation sites is 2. The van der Waals surface area contributed by atoms with Crippen molar-refractivity contribution in [3.8, 4) is 0 Å². The lowest BCUT2D eigenvalue weighted by Crippen LogP contribution is -2.31. The highest BCUT2D eigenvalue weighted by Gasteiger charge is 2.27. The van der Waals surface area contributed by atoms with Gasteiger partial charge >= 0.3 is 0 Å². The number of carbonyl (C=O) groups excluding carboxylic acids is 1. The van der Waals surface area contributed by atoms with Crippen molar-refractivity contribution in [2.24, 2.45) is 0 Å². The van der Waals surface area contributed by atoms with Crippen LogP contribution in [0.3, 0.4) is 0 Å². The van der Waals surface area contributed by atoms with Crippen molar-refractivity contribution >= 4 is 28.3 Å². The first-order valence-corrected chi connectivity index (χ1v) is 7.09. The van der Waals surface area contributed by atoms with Crippen LogP contribution in [0.1, 0.15) is 12.0 Å². The topological polar surface area (TPSA) is 33.2 Å². The largest absolute Gasteiger partial charge is 0.274 e. The monoisotopic (exact) mass is 274 g/mol. The van der Waals surface area contributed by atoms with Gasteiger partial charge in [0.25, 0.3) is 0 Å². The Morgan fingerprint density at radius 1 is 0.905 bits per heavy atom. The van der Waals surface area contributed by atoms with Crippen LogP contribution in [0.15, 0.2) is 60.7 Å². The fourth-order valence-corrected chi connectivity index (χ4v) is 2.84. The van der Waals surface area contributed by atoms with E-state index >= 15 is 0 Å². The zero-order valence-electron chi connectivity index (χ0n) is 11.5.